The van der Waals surface area contributed by atoms with Crippen LogP contribution < -0.4 is 5.32 Å². The Morgan fingerprint density at radius 2 is 1.77 bits per heavy atom. The molecule has 202 valence electrons. The van der Waals surface area contributed by atoms with Crippen molar-refractivity contribution in [2.45, 2.75) is 120 Å². The molecule has 1 saturated carbocycles. The monoisotopic (exact) mass is 545 g/mol. The van der Waals surface area contributed by atoms with E-state index in [9.17, 15) is 9.59 Å². The van der Waals surface area contributed by atoms with Crippen LogP contribution in [0.4, 0.5) is 0 Å². The van der Waals surface area contributed by atoms with Crippen LogP contribution in [0.2, 0.25) is 43.8 Å². The predicted molar refractivity (Wildman–Crippen MR) is 146 cm³/mol. The lowest BCUT2D eigenvalue weighted by Crippen LogP contribution is -2.70. The minimum absolute atomic E-state index is 0.0431. The standard InChI is InChI=1S/C26H48ClNO5Si2/c1-24(2,3)35(7,8)33-21(19-12-10-9-11-13-19)26(23(30)31-16-17-34(4,5)6)25(18-32-25)20(14-15-27)22(29)28-26/h19-21H,9-18H2,1-8H3,(H,28,29)/t20-,21-,25-,26-/m0/s1. The number of esters is 1. The topological polar surface area (TPSA) is 77.2 Å². The summed E-state index contributed by atoms with van der Waals surface area (Å²) in [6, 6.07) is 0.874. The first-order chi connectivity index (χ1) is 16.1. The average Bonchev–Trinajstić information content (AvgIpc) is 3.50. The molecule has 1 spiro atoms. The van der Waals surface area contributed by atoms with Crippen molar-refractivity contribution in [2.24, 2.45) is 11.8 Å². The van der Waals surface area contributed by atoms with Gasteiger partial charge in [0.05, 0.1) is 25.2 Å². The number of rotatable bonds is 10. The fourth-order valence-corrected chi connectivity index (χ4v) is 7.83. The maximum Gasteiger partial charge on any atom is 0.337 e. The molecule has 0 radical (unpaired) electrons. The summed E-state index contributed by atoms with van der Waals surface area (Å²) in [7, 11) is -3.71. The molecule has 0 unspecified atom stereocenters. The molecule has 35 heavy (non-hydrogen) atoms. The van der Waals surface area contributed by atoms with Crippen molar-refractivity contribution < 1.29 is 23.5 Å². The Hall–Kier alpha value is -0.416. The maximum atomic E-state index is 14.2. The van der Waals surface area contributed by atoms with Gasteiger partial charge < -0.3 is 19.2 Å². The number of hydrogen-bond donors (Lipinski definition) is 1. The minimum atomic E-state index is -2.30. The largest absolute Gasteiger partial charge is 0.464 e. The van der Waals surface area contributed by atoms with Crippen molar-refractivity contribution in [3.05, 3.63) is 0 Å². The van der Waals surface area contributed by atoms with Crippen molar-refractivity contribution in [3.8, 4) is 0 Å². The predicted octanol–water partition coefficient (Wildman–Crippen LogP) is 5.72. The number of ether oxygens (including phenoxy) is 2. The third-order valence-electron chi connectivity index (χ3n) is 8.86. The van der Waals surface area contributed by atoms with E-state index in [4.69, 9.17) is 25.5 Å². The van der Waals surface area contributed by atoms with Crippen molar-refractivity contribution in [1.29, 1.82) is 0 Å². The molecule has 3 aliphatic rings. The highest BCUT2D eigenvalue weighted by Crippen LogP contribution is 2.56. The second-order valence-corrected chi connectivity index (χ2v) is 24.4. The maximum absolute atomic E-state index is 14.2. The third-order valence-corrected chi connectivity index (χ3v) is 15.2. The lowest BCUT2D eigenvalue weighted by molar-refractivity contribution is -0.162. The number of alkyl halides is 1. The van der Waals surface area contributed by atoms with Gasteiger partial charge in [-0.3, -0.25) is 4.79 Å². The number of amides is 1. The van der Waals surface area contributed by atoms with Gasteiger partial charge in [-0.2, -0.15) is 0 Å². The highest BCUT2D eigenvalue weighted by atomic mass is 35.5. The smallest absolute Gasteiger partial charge is 0.337 e. The van der Waals surface area contributed by atoms with Gasteiger partial charge in [0.15, 0.2) is 13.9 Å². The van der Waals surface area contributed by atoms with E-state index in [2.05, 4.69) is 58.8 Å². The summed E-state index contributed by atoms with van der Waals surface area (Å²) in [5, 5.41) is 3.14. The second-order valence-electron chi connectivity index (χ2n) is 13.6. The van der Waals surface area contributed by atoms with Gasteiger partial charge in [0, 0.05) is 14.0 Å². The summed E-state index contributed by atoms with van der Waals surface area (Å²) in [5.41, 5.74) is -2.28. The fraction of sp³-hybridized carbons (Fsp3) is 0.923. The molecular formula is C26H48ClNO5Si2. The van der Waals surface area contributed by atoms with E-state index in [-0.39, 0.29) is 22.8 Å². The van der Waals surface area contributed by atoms with Gasteiger partial charge in [-0.15, -0.1) is 11.6 Å². The van der Waals surface area contributed by atoms with Gasteiger partial charge in [-0.25, -0.2) is 4.79 Å². The zero-order chi connectivity index (χ0) is 26.3. The van der Waals surface area contributed by atoms with Crippen LogP contribution in [0.1, 0.15) is 59.3 Å². The molecule has 3 rings (SSSR count). The molecule has 1 N–H and O–H groups in total. The average molecular weight is 546 g/mol. The lowest BCUT2D eigenvalue weighted by Gasteiger charge is -2.49. The fourth-order valence-electron chi connectivity index (χ4n) is 5.54. The first kappa shape index (κ1) is 29.1. The molecule has 9 heteroatoms. The van der Waals surface area contributed by atoms with Crippen molar-refractivity contribution in [3.63, 3.8) is 0 Å². The van der Waals surface area contributed by atoms with Gasteiger partial charge >= 0.3 is 5.97 Å². The van der Waals surface area contributed by atoms with E-state index < -0.39 is 39.6 Å². The van der Waals surface area contributed by atoms with E-state index >= 15 is 0 Å². The summed E-state index contributed by atoms with van der Waals surface area (Å²) in [6.07, 6.45) is 5.36. The zero-order valence-electron chi connectivity index (χ0n) is 23.2. The van der Waals surface area contributed by atoms with Crippen molar-refractivity contribution in [2.75, 3.05) is 19.1 Å². The molecule has 2 aliphatic heterocycles. The van der Waals surface area contributed by atoms with Gasteiger partial charge in [0.1, 0.15) is 5.60 Å². The van der Waals surface area contributed by atoms with Gasteiger partial charge in [-0.05, 0) is 49.4 Å². The minimum Gasteiger partial charge on any atom is -0.464 e. The first-order valence-corrected chi connectivity index (χ1v) is 20.6. The Morgan fingerprint density at radius 3 is 2.26 bits per heavy atom. The number of hydrogen-bond acceptors (Lipinski definition) is 5. The number of halogens is 1. The molecule has 6 nitrogen and oxygen atoms in total. The van der Waals surface area contributed by atoms with Crippen molar-refractivity contribution >= 4 is 39.9 Å². The summed E-state index contributed by atoms with van der Waals surface area (Å²) in [6.45, 7) is 18.6. The number of carbonyl (C=O) groups is 2. The van der Waals surface area contributed by atoms with Gasteiger partial charge in [0.25, 0.3) is 0 Å². The Kier molecular flexibility index (Phi) is 8.65. The van der Waals surface area contributed by atoms with Crippen LogP contribution in [0.15, 0.2) is 0 Å². The van der Waals surface area contributed by atoms with Crippen LogP contribution in [-0.2, 0) is 23.5 Å². The summed E-state index contributed by atoms with van der Waals surface area (Å²) < 4.78 is 19.3. The van der Waals surface area contributed by atoms with E-state index in [1.54, 1.807) is 0 Å². The molecule has 3 fully saturated rings. The molecule has 4 atom stereocenters. The van der Waals surface area contributed by atoms with Gasteiger partial charge in [-0.1, -0.05) is 59.7 Å². The molecule has 1 aliphatic carbocycles. The number of nitrogens with one attached hydrogen (secondary N) is 1. The number of epoxide rings is 1. The molecule has 0 aromatic rings. The summed E-state index contributed by atoms with van der Waals surface area (Å²) in [5.74, 6) is -0.517. The second kappa shape index (κ2) is 10.4. The van der Waals surface area contributed by atoms with E-state index in [1.807, 2.05) is 0 Å². The normalized spacial score (nSPS) is 30.9. The Bertz CT molecular complexity index is 784. The van der Waals surface area contributed by atoms with E-state index in [0.717, 1.165) is 31.7 Å². The summed E-state index contributed by atoms with van der Waals surface area (Å²) in [4.78, 5) is 27.7. The van der Waals surface area contributed by atoms with Gasteiger partial charge in [0.2, 0.25) is 5.91 Å². The summed E-state index contributed by atoms with van der Waals surface area (Å²) >= 11 is 6.13. The molecule has 2 heterocycles. The third kappa shape index (κ3) is 5.71. The molecule has 1 amide bonds. The van der Waals surface area contributed by atoms with E-state index in [0.29, 0.717) is 25.5 Å². The van der Waals surface area contributed by atoms with Crippen LogP contribution in [0.25, 0.3) is 0 Å². The Balaban J connectivity index is 2.08. The lowest BCUT2D eigenvalue weighted by atomic mass is 9.69. The van der Waals surface area contributed by atoms with Crippen LogP contribution in [0.3, 0.4) is 0 Å². The van der Waals surface area contributed by atoms with Crippen LogP contribution in [0.5, 0.6) is 0 Å². The first-order valence-electron chi connectivity index (χ1n) is 13.5. The quantitative estimate of drug-likeness (QED) is 0.164. The Morgan fingerprint density at radius 1 is 1.17 bits per heavy atom. The zero-order valence-corrected chi connectivity index (χ0v) is 26.0. The van der Waals surface area contributed by atoms with E-state index in [1.165, 1.54) is 6.42 Å². The van der Waals surface area contributed by atoms with Crippen molar-refractivity contribution in [1.82, 2.24) is 5.32 Å². The molecule has 2 saturated heterocycles. The van der Waals surface area contributed by atoms with Crippen LogP contribution >= 0.6 is 11.6 Å². The van der Waals surface area contributed by atoms with Crippen LogP contribution in [0, 0.1) is 11.8 Å². The highest BCUT2D eigenvalue weighted by molar-refractivity contribution is 6.76. The molecule has 0 aromatic carbocycles. The SMILES string of the molecule is CC(C)(C)[Si](C)(C)O[C@@H](C1CCCCC1)[C@@]1(C(=O)OCC[Si](C)(C)C)NC(=O)[C@H](CCCl)[C@@]12CO2. The number of carbonyl (C=O) groups excluding carboxylic acids is 2. The molecule has 0 aromatic heterocycles. The molecular weight excluding hydrogens is 498 g/mol. The Labute approximate surface area is 219 Å². The highest BCUT2D eigenvalue weighted by Gasteiger charge is 2.80. The molecule has 0 bridgehead atoms. The van der Waals surface area contributed by atoms with Crippen LogP contribution in [-0.4, -0.2) is 64.6 Å².